The molecule has 396 valence electrons. The van der Waals surface area contributed by atoms with Crippen LogP contribution in [0.4, 0.5) is 4.79 Å². The zero-order valence-electron chi connectivity index (χ0n) is 42.5. The number of nitrogens with zero attached hydrogens (tertiary/aromatic N) is 1. The Morgan fingerprint density at radius 1 is 0.408 bits per heavy atom. The highest BCUT2D eigenvalue weighted by Crippen LogP contribution is 2.37. The summed E-state index contributed by atoms with van der Waals surface area (Å²) in [5.74, 6) is 0. The molecular formula is C63H67NO12. The highest BCUT2D eigenvalue weighted by Gasteiger charge is 2.56. The van der Waals surface area contributed by atoms with Gasteiger partial charge in [0.25, 0.3) is 0 Å². The first-order valence-electron chi connectivity index (χ1n) is 25.9. The molecule has 76 heavy (non-hydrogen) atoms. The van der Waals surface area contributed by atoms with Crippen molar-refractivity contribution in [1.29, 1.82) is 0 Å². The van der Waals surface area contributed by atoms with Gasteiger partial charge in [-0.15, -0.1) is 0 Å². The standard InChI is InChI=1S/C63H67NO12/c65-36-53-57(70-39-48-26-12-3-13-27-48)59(56(66)54(44-68-37-46-22-8-1-9-23-46)64(53)63(67)74-43-52-34-20-7-21-35-52)76-62-61(73-42-51-32-18-6-19-33-51)60(72-41-50-30-16-5-17-31-50)58(71-40-49-28-14-4-15-29-49)55(75-62)45-69-38-47-24-10-2-11-25-47/h1-35,53-62,65-66H,36-45H2/t53-,54+,55-,56-,57-,58-,59-,60+,61+,62-/m1/s1. The number of likely N-dealkylation sites (tertiary alicyclic amines) is 1. The fourth-order valence-electron chi connectivity index (χ4n) is 9.65. The van der Waals surface area contributed by atoms with E-state index in [1.165, 1.54) is 4.90 Å². The minimum atomic E-state index is -1.51. The van der Waals surface area contributed by atoms with E-state index in [0.29, 0.717) is 0 Å². The highest BCUT2D eigenvalue weighted by molar-refractivity contribution is 5.69. The van der Waals surface area contributed by atoms with Gasteiger partial charge in [0.05, 0.1) is 71.5 Å². The van der Waals surface area contributed by atoms with Crippen LogP contribution in [-0.4, -0.2) is 102 Å². The quantitative estimate of drug-likeness (QED) is 0.0563. The molecule has 2 saturated heterocycles. The lowest BCUT2D eigenvalue weighted by Gasteiger charge is -2.52. The second-order valence-corrected chi connectivity index (χ2v) is 18.9. The first-order chi connectivity index (χ1) is 37.5. The SMILES string of the molecule is O=C(OCc1ccccc1)N1[C@H](CO)[C@@H](OCc2ccccc2)[C@H](O[C@H]2O[C@H](COCc3ccccc3)[C@@H](OCc3ccccc3)[C@H](OCc3ccccc3)[C@@H]2OCc2ccccc2)[C@H](O)[C@@H]1COCc1ccccc1. The van der Waals surface area contributed by atoms with Crippen molar-refractivity contribution in [2.75, 3.05) is 19.8 Å². The topological polar surface area (TPSA) is 144 Å². The summed E-state index contributed by atoms with van der Waals surface area (Å²) >= 11 is 0. The van der Waals surface area contributed by atoms with Gasteiger partial charge in [0.2, 0.25) is 0 Å². The third-order valence-corrected chi connectivity index (χ3v) is 13.6. The molecule has 0 aliphatic carbocycles. The number of aliphatic hydroxyl groups is 2. The molecule has 10 atom stereocenters. The monoisotopic (exact) mass is 1030 g/mol. The Balaban J connectivity index is 1.10. The molecule has 0 saturated carbocycles. The van der Waals surface area contributed by atoms with Crippen LogP contribution in [0.1, 0.15) is 38.9 Å². The lowest BCUT2D eigenvalue weighted by molar-refractivity contribution is -0.353. The van der Waals surface area contributed by atoms with Crippen molar-refractivity contribution in [3.05, 3.63) is 251 Å². The summed E-state index contributed by atoms with van der Waals surface area (Å²) in [4.78, 5) is 16.0. The molecule has 2 N–H and O–H groups in total. The number of hydrogen-bond acceptors (Lipinski definition) is 12. The molecule has 2 aliphatic heterocycles. The molecule has 0 unspecified atom stereocenters. The van der Waals surface area contributed by atoms with Gasteiger partial charge in [-0.3, -0.25) is 4.90 Å². The molecule has 0 bridgehead atoms. The molecule has 2 fully saturated rings. The van der Waals surface area contributed by atoms with E-state index in [4.69, 9.17) is 42.6 Å². The van der Waals surface area contributed by atoms with Gasteiger partial charge in [0.15, 0.2) is 6.29 Å². The number of benzene rings is 7. The van der Waals surface area contributed by atoms with Gasteiger partial charge in [0, 0.05) is 0 Å². The van der Waals surface area contributed by atoms with Crippen molar-refractivity contribution in [1.82, 2.24) is 4.90 Å². The maximum atomic E-state index is 14.6. The van der Waals surface area contributed by atoms with E-state index in [0.717, 1.165) is 38.9 Å². The Morgan fingerprint density at radius 3 is 1.18 bits per heavy atom. The highest BCUT2D eigenvalue weighted by atomic mass is 16.7. The predicted molar refractivity (Wildman–Crippen MR) is 285 cm³/mol. The average molecular weight is 1030 g/mol. The van der Waals surface area contributed by atoms with Crippen molar-refractivity contribution in [2.24, 2.45) is 0 Å². The summed E-state index contributed by atoms with van der Waals surface area (Å²) in [5, 5.41) is 24.6. The van der Waals surface area contributed by atoms with Crippen LogP contribution in [0, 0.1) is 0 Å². The summed E-state index contributed by atoms with van der Waals surface area (Å²) < 4.78 is 60.9. The molecule has 9 rings (SSSR count). The number of carbonyl (C=O) groups excluding carboxylic acids is 1. The van der Waals surface area contributed by atoms with Crippen molar-refractivity contribution >= 4 is 6.09 Å². The molecule has 1 amide bonds. The molecule has 13 heteroatoms. The van der Waals surface area contributed by atoms with Crippen LogP contribution in [0.5, 0.6) is 0 Å². The Bertz CT molecular complexity index is 2710. The van der Waals surface area contributed by atoms with Crippen LogP contribution in [0.2, 0.25) is 0 Å². The minimum absolute atomic E-state index is 0.0459. The average Bonchev–Trinajstić information content (AvgIpc) is 3.50. The maximum Gasteiger partial charge on any atom is 0.410 e. The number of aliphatic hydroxyl groups excluding tert-OH is 2. The van der Waals surface area contributed by atoms with E-state index in [1.807, 2.05) is 212 Å². The van der Waals surface area contributed by atoms with Crippen molar-refractivity contribution in [3.63, 3.8) is 0 Å². The van der Waals surface area contributed by atoms with Crippen LogP contribution < -0.4 is 0 Å². The van der Waals surface area contributed by atoms with Gasteiger partial charge >= 0.3 is 6.09 Å². The molecule has 0 spiro atoms. The lowest BCUT2D eigenvalue weighted by Crippen LogP contribution is -2.72. The number of ether oxygens (including phenoxy) is 9. The van der Waals surface area contributed by atoms with E-state index in [2.05, 4.69) is 0 Å². The fourth-order valence-corrected chi connectivity index (χ4v) is 9.65. The van der Waals surface area contributed by atoms with Crippen molar-refractivity contribution in [2.45, 2.75) is 107 Å². The molecule has 7 aromatic rings. The van der Waals surface area contributed by atoms with Crippen molar-refractivity contribution in [3.8, 4) is 0 Å². The summed E-state index contributed by atoms with van der Waals surface area (Å²) in [6.45, 7) is 0.315. The van der Waals surface area contributed by atoms with E-state index in [1.54, 1.807) is 0 Å². The molecule has 0 radical (unpaired) electrons. The smallest absolute Gasteiger partial charge is 0.410 e. The van der Waals surface area contributed by atoms with E-state index in [-0.39, 0.29) is 59.5 Å². The van der Waals surface area contributed by atoms with Gasteiger partial charge in [-0.25, -0.2) is 4.79 Å². The third-order valence-electron chi connectivity index (χ3n) is 13.6. The molecule has 2 aliphatic rings. The Labute approximate surface area is 445 Å². The number of amides is 1. The Kier molecular flexibility index (Phi) is 20.3. The maximum absolute atomic E-state index is 14.6. The van der Waals surface area contributed by atoms with Crippen LogP contribution in [-0.2, 0) is 88.9 Å². The minimum Gasteiger partial charge on any atom is -0.445 e. The zero-order chi connectivity index (χ0) is 52.2. The van der Waals surface area contributed by atoms with Crippen LogP contribution >= 0.6 is 0 Å². The molecule has 7 aromatic carbocycles. The first-order valence-corrected chi connectivity index (χ1v) is 25.9. The molecule has 0 aromatic heterocycles. The second-order valence-electron chi connectivity index (χ2n) is 18.9. The fraction of sp³-hybridized carbons (Fsp3) is 0.317. The number of rotatable bonds is 25. The van der Waals surface area contributed by atoms with Gasteiger partial charge in [-0.1, -0.05) is 212 Å². The number of hydrogen-bond donors (Lipinski definition) is 2. The summed E-state index contributed by atoms with van der Waals surface area (Å²) in [6.07, 6.45) is -9.47. The molecule has 2 heterocycles. The van der Waals surface area contributed by atoms with Crippen LogP contribution in [0.25, 0.3) is 0 Å². The Hall–Kier alpha value is -6.59. The van der Waals surface area contributed by atoms with E-state index >= 15 is 0 Å². The summed E-state index contributed by atoms with van der Waals surface area (Å²) in [6, 6.07) is 65.6. The summed E-state index contributed by atoms with van der Waals surface area (Å²) in [7, 11) is 0. The normalized spacial score (nSPS) is 23.5. The van der Waals surface area contributed by atoms with Crippen LogP contribution in [0.15, 0.2) is 212 Å². The predicted octanol–water partition coefficient (Wildman–Crippen LogP) is 9.61. The Morgan fingerprint density at radius 2 is 0.763 bits per heavy atom. The van der Waals surface area contributed by atoms with E-state index in [9.17, 15) is 15.0 Å². The lowest BCUT2D eigenvalue weighted by atomic mass is 9.87. The zero-order valence-corrected chi connectivity index (χ0v) is 42.5. The molecular weight excluding hydrogens is 963 g/mol. The first kappa shape index (κ1) is 54.2. The number of carbonyl (C=O) groups is 1. The van der Waals surface area contributed by atoms with Crippen molar-refractivity contribution < 1.29 is 57.6 Å². The van der Waals surface area contributed by atoms with Gasteiger partial charge < -0.3 is 52.8 Å². The molecule has 13 nitrogen and oxygen atoms in total. The third kappa shape index (κ3) is 15.1. The largest absolute Gasteiger partial charge is 0.445 e. The van der Waals surface area contributed by atoms with Gasteiger partial charge in [-0.05, 0) is 38.9 Å². The second kappa shape index (κ2) is 28.5. The van der Waals surface area contributed by atoms with Gasteiger partial charge in [-0.2, -0.15) is 0 Å². The van der Waals surface area contributed by atoms with Gasteiger partial charge in [0.1, 0.15) is 49.3 Å². The van der Waals surface area contributed by atoms with E-state index < -0.39 is 73.8 Å². The summed E-state index contributed by atoms with van der Waals surface area (Å²) in [5.41, 5.74) is 6.20. The number of piperidine rings is 1. The van der Waals surface area contributed by atoms with Crippen LogP contribution in [0.3, 0.4) is 0 Å².